The third-order valence-electron chi connectivity index (χ3n) is 3.21. The molecule has 0 heterocycles. The van der Waals surface area contributed by atoms with E-state index in [1.807, 2.05) is 0 Å². The molecular weight excluding hydrogens is 315 g/mol. The van der Waals surface area contributed by atoms with Crippen molar-refractivity contribution in [3.63, 3.8) is 0 Å². The van der Waals surface area contributed by atoms with Crippen molar-refractivity contribution in [1.82, 2.24) is 5.43 Å². The van der Waals surface area contributed by atoms with Gasteiger partial charge in [-0.05, 0) is 36.4 Å². The predicted octanol–water partition coefficient (Wildman–Crippen LogP) is 2.62. The normalized spacial score (nSPS) is 10.5. The van der Waals surface area contributed by atoms with Crippen LogP contribution in [0.4, 0.5) is 4.39 Å². The predicted molar refractivity (Wildman–Crippen MR) is 87.6 cm³/mol. The van der Waals surface area contributed by atoms with Crippen molar-refractivity contribution < 1.29 is 23.4 Å². The molecule has 0 aliphatic carbocycles. The summed E-state index contributed by atoms with van der Waals surface area (Å²) in [6.07, 6.45) is 1.42. The summed E-state index contributed by atoms with van der Waals surface area (Å²) in [5, 5.41) is 3.89. The van der Waals surface area contributed by atoms with Crippen LogP contribution in [0.25, 0.3) is 0 Å². The van der Waals surface area contributed by atoms with E-state index < -0.39 is 11.7 Å². The lowest BCUT2D eigenvalue weighted by molar-refractivity contribution is 0.0955. The number of rotatable bonds is 6. The summed E-state index contributed by atoms with van der Waals surface area (Å²) in [4.78, 5) is 11.9. The minimum atomic E-state index is -0.453. The SMILES string of the molecule is COc1ccc(/C=N/NC(=O)c2ccc(F)cc2)c(OC)c1OC. The van der Waals surface area contributed by atoms with Gasteiger partial charge in [-0.25, -0.2) is 9.82 Å². The molecular formula is C17H17FN2O4. The standard InChI is InChI=1S/C17H17FN2O4/c1-22-14-9-6-12(15(23-2)16(14)24-3)10-19-20-17(21)11-4-7-13(18)8-5-11/h4-10H,1-3H3,(H,20,21)/b19-10+. The fourth-order valence-electron chi connectivity index (χ4n) is 2.05. The molecule has 0 saturated carbocycles. The molecule has 0 bridgehead atoms. The highest BCUT2D eigenvalue weighted by Crippen LogP contribution is 2.38. The van der Waals surface area contributed by atoms with Crippen molar-refractivity contribution in [1.29, 1.82) is 0 Å². The molecule has 0 fully saturated rings. The highest BCUT2D eigenvalue weighted by molar-refractivity contribution is 5.95. The molecule has 0 radical (unpaired) electrons. The zero-order valence-electron chi connectivity index (χ0n) is 13.5. The van der Waals surface area contributed by atoms with Crippen molar-refractivity contribution in [2.24, 2.45) is 5.10 Å². The number of hydrazone groups is 1. The first-order valence-corrected chi connectivity index (χ1v) is 6.98. The summed E-state index contributed by atoms with van der Waals surface area (Å²) >= 11 is 0. The average molecular weight is 332 g/mol. The number of nitrogens with zero attached hydrogens (tertiary/aromatic N) is 1. The van der Waals surface area contributed by atoms with Crippen LogP contribution in [0, 0.1) is 5.82 Å². The van der Waals surface area contributed by atoms with Crippen molar-refractivity contribution in [3.05, 3.63) is 53.3 Å². The summed E-state index contributed by atoms with van der Waals surface area (Å²) in [6.45, 7) is 0. The minimum Gasteiger partial charge on any atom is -0.493 e. The molecule has 0 spiro atoms. The van der Waals surface area contributed by atoms with E-state index >= 15 is 0 Å². The molecule has 1 amide bonds. The summed E-state index contributed by atoms with van der Waals surface area (Å²) in [6, 6.07) is 8.57. The van der Waals surface area contributed by atoms with Gasteiger partial charge in [-0.1, -0.05) is 0 Å². The maximum absolute atomic E-state index is 12.8. The van der Waals surface area contributed by atoms with E-state index in [0.29, 0.717) is 28.4 Å². The van der Waals surface area contributed by atoms with Gasteiger partial charge in [0, 0.05) is 11.1 Å². The van der Waals surface area contributed by atoms with Gasteiger partial charge < -0.3 is 14.2 Å². The van der Waals surface area contributed by atoms with E-state index in [1.54, 1.807) is 12.1 Å². The molecule has 24 heavy (non-hydrogen) atoms. The molecule has 0 atom stereocenters. The monoisotopic (exact) mass is 332 g/mol. The highest BCUT2D eigenvalue weighted by atomic mass is 19.1. The van der Waals surface area contributed by atoms with Crippen LogP contribution < -0.4 is 19.6 Å². The number of carbonyl (C=O) groups is 1. The number of benzene rings is 2. The number of carbonyl (C=O) groups excluding carboxylic acids is 1. The molecule has 0 saturated heterocycles. The molecule has 6 nitrogen and oxygen atoms in total. The minimum absolute atomic E-state index is 0.299. The van der Waals surface area contributed by atoms with Crippen LogP contribution in [0.1, 0.15) is 15.9 Å². The number of methoxy groups -OCH3 is 3. The second-order valence-electron chi connectivity index (χ2n) is 4.63. The number of hydrogen-bond donors (Lipinski definition) is 1. The van der Waals surface area contributed by atoms with Gasteiger partial charge in [0.25, 0.3) is 5.91 Å². The molecule has 7 heteroatoms. The van der Waals surface area contributed by atoms with Gasteiger partial charge in [-0.3, -0.25) is 4.79 Å². The molecule has 0 unspecified atom stereocenters. The van der Waals surface area contributed by atoms with Crippen LogP contribution >= 0.6 is 0 Å². The van der Waals surface area contributed by atoms with Crippen molar-refractivity contribution in [2.45, 2.75) is 0 Å². The van der Waals surface area contributed by atoms with Crippen molar-refractivity contribution in [2.75, 3.05) is 21.3 Å². The summed E-state index contributed by atoms with van der Waals surface area (Å²) in [5.41, 5.74) is 3.26. The summed E-state index contributed by atoms with van der Waals surface area (Å²) in [5.74, 6) is 0.503. The van der Waals surface area contributed by atoms with E-state index in [-0.39, 0.29) is 0 Å². The lowest BCUT2D eigenvalue weighted by Crippen LogP contribution is -2.17. The molecule has 0 aromatic heterocycles. The van der Waals surface area contributed by atoms with Crippen LogP contribution in [-0.2, 0) is 0 Å². The maximum Gasteiger partial charge on any atom is 0.271 e. The van der Waals surface area contributed by atoms with Gasteiger partial charge in [-0.15, -0.1) is 0 Å². The summed E-state index contributed by atoms with van der Waals surface area (Å²) < 4.78 is 28.6. The topological polar surface area (TPSA) is 69.2 Å². The molecule has 0 aliphatic heterocycles. The molecule has 2 aromatic carbocycles. The fraction of sp³-hybridized carbons (Fsp3) is 0.176. The number of halogens is 1. The van der Waals surface area contributed by atoms with Gasteiger partial charge in [0.15, 0.2) is 11.5 Å². The van der Waals surface area contributed by atoms with E-state index in [2.05, 4.69) is 10.5 Å². The van der Waals surface area contributed by atoms with E-state index in [9.17, 15) is 9.18 Å². The Morgan fingerprint density at radius 2 is 1.67 bits per heavy atom. The molecule has 2 rings (SSSR count). The quantitative estimate of drug-likeness (QED) is 0.652. The number of amides is 1. The van der Waals surface area contributed by atoms with Gasteiger partial charge in [0.1, 0.15) is 5.82 Å². The van der Waals surface area contributed by atoms with E-state index in [4.69, 9.17) is 14.2 Å². The third-order valence-corrected chi connectivity index (χ3v) is 3.21. The Morgan fingerprint density at radius 1 is 1.00 bits per heavy atom. The third kappa shape index (κ3) is 3.81. The van der Waals surface area contributed by atoms with Gasteiger partial charge in [0.05, 0.1) is 27.5 Å². The van der Waals surface area contributed by atoms with Gasteiger partial charge in [-0.2, -0.15) is 5.10 Å². The van der Waals surface area contributed by atoms with Crippen LogP contribution in [0.2, 0.25) is 0 Å². The van der Waals surface area contributed by atoms with E-state index in [0.717, 1.165) is 0 Å². The Labute approximate surface area is 138 Å². The largest absolute Gasteiger partial charge is 0.493 e. The van der Waals surface area contributed by atoms with Crippen LogP contribution in [-0.4, -0.2) is 33.5 Å². The van der Waals surface area contributed by atoms with Crippen LogP contribution in [0.5, 0.6) is 17.2 Å². The number of hydrogen-bond acceptors (Lipinski definition) is 5. The molecule has 0 aliphatic rings. The van der Waals surface area contributed by atoms with E-state index in [1.165, 1.54) is 51.8 Å². The summed E-state index contributed by atoms with van der Waals surface area (Å²) in [7, 11) is 4.51. The van der Waals surface area contributed by atoms with Crippen molar-refractivity contribution >= 4 is 12.1 Å². The molecule has 2 aromatic rings. The van der Waals surface area contributed by atoms with Crippen LogP contribution in [0.15, 0.2) is 41.5 Å². The zero-order chi connectivity index (χ0) is 17.5. The number of nitrogens with one attached hydrogen (secondary N) is 1. The van der Waals surface area contributed by atoms with Gasteiger partial charge >= 0.3 is 0 Å². The number of ether oxygens (including phenoxy) is 3. The second-order valence-corrected chi connectivity index (χ2v) is 4.63. The Balaban J connectivity index is 2.17. The second kappa shape index (κ2) is 7.96. The van der Waals surface area contributed by atoms with Gasteiger partial charge in [0.2, 0.25) is 5.75 Å². The Hall–Kier alpha value is -3.09. The lowest BCUT2D eigenvalue weighted by Gasteiger charge is -2.13. The maximum atomic E-state index is 12.8. The first-order valence-electron chi connectivity index (χ1n) is 6.98. The Kier molecular flexibility index (Phi) is 5.73. The average Bonchev–Trinajstić information content (AvgIpc) is 2.61. The fourth-order valence-corrected chi connectivity index (χ4v) is 2.05. The Morgan fingerprint density at radius 3 is 2.25 bits per heavy atom. The zero-order valence-corrected chi connectivity index (χ0v) is 13.5. The smallest absolute Gasteiger partial charge is 0.271 e. The first kappa shape index (κ1) is 17.3. The van der Waals surface area contributed by atoms with Crippen LogP contribution in [0.3, 0.4) is 0 Å². The highest BCUT2D eigenvalue weighted by Gasteiger charge is 2.14. The van der Waals surface area contributed by atoms with Crippen molar-refractivity contribution in [3.8, 4) is 17.2 Å². The molecule has 1 N–H and O–H groups in total. The first-order chi connectivity index (χ1) is 11.6. The lowest BCUT2D eigenvalue weighted by atomic mass is 10.2. The Bertz CT molecular complexity index is 745. The molecule has 126 valence electrons.